The Labute approximate surface area is 60.9 Å². The molecule has 0 amide bonds. The smallest absolute Gasteiger partial charge is 0.0550 e. The minimum atomic E-state index is -0.0281. The van der Waals surface area contributed by atoms with Crippen LogP contribution in [0.4, 0.5) is 0 Å². The second-order valence-electron chi connectivity index (χ2n) is 4.02. The molecule has 58 valence electrons. The van der Waals surface area contributed by atoms with Gasteiger partial charge in [0.05, 0.1) is 6.10 Å². The summed E-state index contributed by atoms with van der Waals surface area (Å²) in [6.07, 6.45) is 4.26. The van der Waals surface area contributed by atoms with E-state index < -0.39 is 0 Å². The van der Waals surface area contributed by atoms with Gasteiger partial charge in [0.2, 0.25) is 0 Å². The van der Waals surface area contributed by atoms with Gasteiger partial charge >= 0.3 is 0 Å². The van der Waals surface area contributed by atoms with Crippen LogP contribution in [0, 0.1) is 11.3 Å². The summed E-state index contributed by atoms with van der Waals surface area (Å²) >= 11 is 0. The first-order valence-electron chi connectivity index (χ1n) is 4.03. The Balaban J connectivity index is 1.80. The fraction of sp³-hybridized carbons (Fsp3) is 1.00. The van der Waals surface area contributed by atoms with Crippen molar-refractivity contribution >= 4 is 0 Å². The van der Waals surface area contributed by atoms with Gasteiger partial charge in [-0.2, -0.15) is 0 Å². The van der Waals surface area contributed by atoms with E-state index in [4.69, 9.17) is 10.2 Å². The maximum Gasteiger partial charge on any atom is 0.0550 e. The minimum Gasteiger partial charge on any atom is -0.396 e. The Morgan fingerprint density at radius 2 is 1.80 bits per heavy atom. The van der Waals surface area contributed by atoms with Crippen LogP contribution in [0.5, 0.6) is 0 Å². The summed E-state index contributed by atoms with van der Waals surface area (Å²) in [6, 6.07) is 0. The molecule has 2 nitrogen and oxygen atoms in total. The zero-order chi connectivity index (χ0) is 7.19. The number of aliphatic hydroxyl groups is 2. The molecule has 0 aromatic heterocycles. The molecule has 2 heteroatoms. The fourth-order valence-corrected chi connectivity index (χ4v) is 2.57. The molecule has 2 N–H and O–H groups in total. The molecule has 2 aliphatic rings. The summed E-state index contributed by atoms with van der Waals surface area (Å²) in [4.78, 5) is 0. The molecule has 0 atom stereocenters. The van der Waals surface area contributed by atoms with E-state index in [-0.39, 0.29) is 6.10 Å². The van der Waals surface area contributed by atoms with Crippen LogP contribution < -0.4 is 0 Å². The highest BCUT2D eigenvalue weighted by Gasteiger charge is 2.51. The third-order valence-corrected chi connectivity index (χ3v) is 3.04. The van der Waals surface area contributed by atoms with Crippen molar-refractivity contribution < 1.29 is 10.2 Å². The lowest BCUT2D eigenvalue weighted by atomic mass is 9.51. The van der Waals surface area contributed by atoms with E-state index >= 15 is 0 Å². The van der Waals surface area contributed by atoms with E-state index in [0.717, 1.165) is 25.7 Å². The van der Waals surface area contributed by atoms with Gasteiger partial charge in [0.15, 0.2) is 0 Å². The third-order valence-electron chi connectivity index (χ3n) is 3.04. The van der Waals surface area contributed by atoms with Crippen molar-refractivity contribution in [2.75, 3.05) is 6.61 Å². The van der Waals surface area contributed by atoms with Gasteiger partial charge in [-0.15, -0.1) is 0 Å². The molecule has 2 aliphatic carbocycles. The van der Waals surface area contributed by atoms with Gasteiger partial charge in [-0.1, -0.05) is 0 Å². The first-order valence-corrected chi connectivity index (χ1v) is 4.03. The predicted molar refractivity (Wildman–Crippen MR) is 37.5 cm³/mol. The molecule has 0 heterocycles. The molecule has 2 saturated carbocycles. The molecule has 2 rings (SSSR count). The summed E-state index contributed by atoms with van der Waals surface area (Å²) in [5, 5.41) is 17.8. The van der Waals surface area contributed by atoms with E-state index in [0.29, 0.717) is 17.9 Å². The Kier molecular flexibility index (Phi) is 1.29. The fourth-order valence-electron chi connectivity index (χ4n) is 2.57. The maximum absolute atomic E-state index is 9.05. The quantitative estimate of drug-likeness (QED) is 0.560. The van der Waals surface area contributed by atoms with Crippen LogP contribution in [0.25, 0.3) is 0 Å². The van der Waals surface area contributed by atoms with Crippen molar-refractivity contribution in [3.05, 3.63) is 0 Å². The highest BCUT2D eigenvalue weighted by atomic mass is 16.3. The van der Waals surface area contributed by atoms with Crippen molar-refractivity contribution in [3.8, 4) is 0 Å². The third kappa shape index (κ3) is 0.789. The van der Waals surface area contributed by atoms with E-state index in [2.05, 4.69) is 0 Å². The van der Waals surface area contributed by atoms with Crippen molar-refractivity contribution in [1.29, 1.82) is 0 Å². The molecule has 0 unspecified atom stereocenters. The predicted octanol–water partition coefficient (Wildman–Crippen LogP) is 0.530. The van der Waals surface area contributed by atoms with E-state index in [1.807, 2.05) is 0 Å². The van der Waals surface area contributed by atoms with Gasteiger partial charge in [0, 0.05) is 6.61 Å². The lowest BCUT2D eigenvalue weighted by molar-refractivity contribution is -0.120. The van der Waals surface area contributed by atoms with Crippen LogP contribution in [0.3, 0.4) is 0 Å². The summed E-state index contributed by atoms with van der Waals surface area (Å²) in [5.74, 6) is 0.549. The molecule has 10 heavy (non-hydrogen) atoms. The van der Waals surface area contributed by atoms with Crippen LogP contribution >= 0.6 is 0 Å². The Morgan fingerprint density at radius 1 is 1.20 bits per heavy atom. The van der Waals surface area contributed by atoms with Crippen molar-refractivity contribution in [2.24, 2.45) is 11.3 Å². The van der Waals surface area contributed by atoms with Gasteiger partial charge in [-0.3, -0.25) is 0 Å². The van der Waals surface area contributed by atoms with Gasteiger partial charge in [0.25, 0.3) is 0 Å². The second kappa shape index (κ2) is 1.95. The van der Waals surface area contributed by atoms with Crippen LogP contribution in [-0.2, 0) is 0 Å². The van der Waals surface area contributed by atoms with Gasteiger partial charge in [-0.05, 0) is 37.0 Å². The van der Waals surface area contributed by atoms with Gasteiger partial charge in [0.1, 0.15) is 0 Å². The number of aliphatic hydroxyl groups excluding tert-OH is 2. The molecule has 0 aromatic carbocycles. The van der Waals surface area contributed by atoms with Gasteiger partial charge < -0.3 is 10.2 Å². The summed E-state index contributed by atoms with van der Waals surface area (Å²) < 4.78 is 0. The Bertz CT molecular complexity index is 130. The maximum atomic E-state index is 9.05. The lowest BCUT2D eigenvalue weighted by Crippen LogP contribution is -2.50. The monoisotopic (exact) mass is 142 g/mol. The van der Waals surface area contributed by atoms with Crippen LogP contribution in [0.1, 0.15) is 25.7 Å². The van der Waals surface area contributed by atoms with Crippen molar-refractivity contribution in [1.82, 2.24) is 0 Å². The first kappa shape index (κ1) is 6.62. The van der Waals surface area contributed by atoms with E-state index in [1.165, 1.54) is 0 Å². The van der Waals surface area contributed by atoms with Crippen molar-refractivity contribution in [3.63, 3.8) is 0 Å². The van der Waals surface area contributed by atoms with Crippen LogP contribution in [0.15, 0.2) is 0 Å². The Morgan fingerprint density at radius 3 is 2.20 bits per heavy atom. The van der Waals surface area contributed by atoms with E-state index in [1.54, 1.807) is 0 Å². The standard InChI is InChI=1S/C8H14O2/c9-5-6-1-8(2-6)3-7(10)4-8/h6-7,9-10H,1-5H2. The first-order chi connectivity index (χ1) is 4.74. The lowest BCUT2D eigenvalue weighted by Gasteiger charge is -2.56. The number of hydrogen-bond donors (Lipinski definition) is 2. The highest BCUT2D eigenvalue weighted by Crippen LogP contribution is 2.58. The zero-order valence-corrected chi connectivity index (χ0v) is 6.08. The number of rotatable bonds is 1. The summed E-state index contributed by atoms with van der Waals surface area (Å²) in [6.45, 7) is 0.345. The second-order valence-corrected chi connectivity index (χ2v) is 4.02. The zero-order valence-electron chi connectivity index (χ0n) is 6.08. The minimum absolute atomic E-state index is 0.0281. The summed E-state index contributed by atoms with van der Waals surface area (Å²) in [5.41, 5.74) is 0.479. The average Bonchev–Trinajstić information content (AvgIpc) is 1.74. The molecule has 0 aliphatic heterocycles. The molecular weight excluding hydrogens is 128 g/mol. The molecule has 0 saturated heterocycles. The topological polar surface area (TPSA) is 40.5 Å². The molecule has 0 radical (unpaired) electrons. The molecule has 0 aromatic rings. The molecule has 1 spiro atoms. The Hall–Kier alpha value is -0.0800. The summed E-state index contributed by atoms with van der Waals surface area (Å²) in [7, 11) is 0. The molecule has 2 fully saturated rings. The highest BCUT2D eigenvalue weighted by molar-refractivity contribution is 5.02. The van der Waals surface area contributed by atoms with Crippen molar-refractivity contribution in [2.45, 2.75) is 31.8 Å². The van der Waals surface area contributed by atoms with E-state index in [9.17, 15) is 0 Å². The largest absolute Gasteiger partial charge is 0.396 e. The molecule has 0 bridgehead atoms. The average molecular weight is 142 g/mol. The normalized spacial score (nSPS) is 52.2. The van der Waals surface area contributed by atoms with Gasteiger partial charge in [-0.25, -0.2) is 0 Å². The number of hydrogen-bond acceptors (Lipinski definition) is 2. The molecular formula is C8H14O2. The SMILES string of the molecule is OCC1CC2(CC(O)C2)C1. The van der Waals surface area contributed by atoms with Crippen LogP contribution in [-0.4, -0.2) is 22.9 Å². The van der Waals surface area contributed by atoms with Crippen LogP contribution in [0.2, 0.25) is 0 Å².